The molecule has 0 aliphatic heterocycles. The lowest BCUT2D eigenvalue weighted by Crippen LogP contribution is -2.21. The molecule has 0 bridgehead atoms. The smallest absolute Gasteiger partial charge is 0.0992 e. The van der Waals surface area contributed by atoms with Crippen molar-refractivity contribution in [2.75, 3.05) is 25.0 Å². The molecule has 0 amide bonds. The van der Waals surface area contributed by atoms with Crippen LogP contribution < -0.4 is 10.6 Å². The second kappa shape index (κ2) is 5.59. The van der Waals surface area contributed by atoms with Gasteiger partial charge in [-0.3, -0.25) is 0 Å². The fraction of sp³-hybridized carbons (Fsp3) is 0.364. The Balaban J connectivity index is 2.82. The van der Waals surface area contributed by atoms with E-state index in [1.165, 1.54) is 0 Å². The molecule has 2 N–H and O–H groups in total. The van der Waals surface area contributed by atoms with E-state index >= 15 is 0 Å². The first kappa shape index (κ1) is 11.8. The Bertz CT molecular complexity index is 371. The highest BCUT2D eigenvalue weighted by molar-refractivity contribution is 6.33. The molecule has 3 nitrogen and oxygen atoms in total. The predicted octanol–water partition coefficient (Wildman–Crippen LogP) is 2.00. The van der Waals surface area contributed by atoms with Gasteiger partial charge < -0.3 is 10.6 Å². The molecule has 0 atom stereocenters. The zero-order valence-electron chi connectivity index (χ0n) is 8.70. The summed E-state index contributed by atoms with van der Waals surface area (Å²) in [6.45, 7) is 1.53. The summed E-state index contributed by atoms with van der Waals surface area (Å²) in [5.41, 5.74) is 6.95. The van der Waals surface area contributed by atoms with E-state index in [4.69, 9.17) is 22.6 Å². The highest BCUT2D eigenvalue weighted by Gasteiger charge is 2.06. The van der Waals surface area contributed by atoms with Gasteiger partial charge in [0.05, 0.1) is 22.3 Å². The first-order valence-corrected chi connectivity index (χ1v) is 5.17. The zero-order valence-corrected chi connectivity index (χ0v) is 9.46. The summed E-state index contributed by atoms with van der Waals surface area (Å²) in [6, 6.07) is 7.35. The Hall–Kier alpha value is -1.24. The third-order valence-electron chi connectivity index (χ3n) is 2.19. The predicted molar refractivity (Wildman–Crippen MR) is 63.1 cm³/mol. The van der Waals surface area contributed by atoms with Gasteiger partial charge in [0.25, 0.3) is 0 Å². The molecule has 0 spiro atoms. The van der Waals surface area contributed by atoms with Gasteiger partial charge in [0.2, 0.25) is 0 Å². The summed E-state index contributed by atoms with van der Waals surface area (Å²) < 4.78 is 0. The van der Waals surface area contributed by atoms with E-state index in [2.05, 4.69) is 6.07 Å². The molecule has 1 aromatic rings. The normalized spacial score (nSPS) is 9.73. The molecule has 4 heteroatoms. The van der Waals surface area contributed by atoms with Gasteiger partial charge in [0.1, 0.15) is 0 Å². The molecule has 0 radical (unpaired) electrons. The Labute approximate surface area is 95.1 Å². The van der Waals surface area contributed by atoms with E-state index in [0.717, 1.165) is 18.7 Å². The van der Waals surface area contributed by atoms with Crippen LogP contribution in [-0.4, -0.2) is 20.1 Å². The number of nitrogens with two attached hydrogens (primary N) is 1. The van der Waals surface area contributed by atoms with E-state index < -0.39 is 0 Å². The monoisotopic (exact) mass is 223 g/mol. The van der Waals surface area contributed by atoms with Crippen LogP contribution in [0.3, 0.4) is 0 Å². The third kappa shape index (κ3) is 3.12. The van der Waals surface area contributed by atoms with Crippen molar-refractivity contribution >= 4 is 17.3 Å². The molecule has 1 aromatic carbocycles. The number of hydrogen-bond donors (Lipinski definition) is 1. The summed E-state index contributed by atoms with van der Waals surface area (Å²) >= 11 is 6.06. The minimum atomic E-state index is 0.580. The standard InChI is InChI=1S/C11H14ClN3/c1-15(6-2-5-13)11-4-3-9(8-14)7-10(11)12/h3-4,7H,2,5-6,13H2,1H3. The van der Waals surface area contributed by atoms with E-state index in [0.29, 0.717) is 17.1 Å². The van der Waals surface area contributed by atoms with Crippen LogP contribution in [0.2, 0.25) is 5.02 Å². The van der Waals surface area contributed by atoms with Crippen molar-refractivity contribution in [2.24, 2.45) is 5.73 Å². The van der Waals surface area contributed by atoms with Gasteiger partial charge in [-0.2, -0.15) is 5.26 Å². The van der Waals surface area contributed by atoms with E-state index in [1.807, 2.05) is 18.0 Å². The Kier molecular flexibility index (Phi) is 4.41. The number of hydrogen-bond acceptors (Lipinski definition) is 3. The number of benzene rings is 1. The Morgan fingerprint density at radius 1 is 1.53 bits per heavy atom. The first-order chi connectivity index (χ1) is 7.19. The SMILES string of the molecule is CN(CCCN)c1ccc(C#N)cc1Cl. The first-order valence-electron chi connectivity index (χ1n) is 4.80. The average molecular weight is 224 g/mol. The molecule has 80 valence electrons. The minimum Gasteiger partial charge on any atom is -0.373 e. The van der Waals surface area contributed by atoms with Gasteiger partial charge in [0, 0.05) is 13.6 Å². The molecule has 0 fully saturated rings. The molecule has 0 unspecified atom stereocenters. The number of nitriles is 1. The van der Waals surface area contributed by atoms with Crippen molar-refractivity contribution < 1.29 is 0 Å². The van der Waals surface area contributed by atoms with Gasteiger partial charge in [-0.05, 0) is 31.2 Å². The number of halogens is 1. The second-order valence-electron chi connectivity index (χ2n) is 3.34. The number of anilines is 1. The van der Waals surface area contributed by atoms with Crippen LogP contribution in [0.5, 0.6) is 0 Å². The summed E-state index contributed by atoms with van der Waals surface area (Å²) in [4.78, 5) is 2.04. The highest BCUT2D eigenvalue weighted by Crippen LogP contribution is 2.25. The maximum Gasteiger partial charge on any atom is 0.0992 e. The van der Waals surface area contributed by atoms with Crippen LogP contribution in [0.15, 0.2) is 18.2 Å². The van der Waals surface area contributed by atoms with Gasteiger partial charge in [0.15, 0.2) is 0 Å². The molecular formula is C11H14ClN3. The number of rotatable bonds is 4. The lowest BCUT2D eigenvalue weighted by molar-refractivity contribution is 0.796. The maximum atomic E-state index is 8.69. The van der Waals surface area contributed by atoms with Crippen LogP contribution in [0.4, 0.5) is 5.69 Å². The van der Waals surface area contributed by atoms with E-state index in [-0.39, 0.29) is 0 Å². The molecule has 0 aliphatic rings. The second-order valence-corrected chi connectivity index (χ2v) is 3.75. The van der Waals surface area contributed by atoms with E-state index in [9.17, 15) is 0 Å². The summed E-state index contributed by atoms with van der Waals surface area (Å²) in [7, 11) is 1.96. The van der Waals surface area contributed by atoms with Crippen molar-refractivity contribution in [1.82, 2.24) is 0 Å². The fourth-order valence-corrected chi connectivity index (χ4v) is 1.66. The van der Waals surface area contributed by atoms with Crippen molar-refractivity contribution in [3.63, 3.8) is 0 Å². The molecule has 0 aromatic heterocycles. The molecule has 15 heavy (non-hydrogen) atoms. The average Bonchev–Trinajstić information content (AvgIpc) is 2.25. The largest absolute Gasteiger partial charge is 0.373 e. The lowest BCUT2D eigenvalue weighted by Gasteiger charge is -2.20. The van der Waals surface area contributed by atoms with Crippen LogP contribution in [-0.2, 0) is 0 Å². The van der Waals surface area contributed by atoms with Crippen LogP contribution in [0, 0.1) is 11.3 Å². The Morgan fingerprint density at radius 2 is 2.27 bits per heavy atom. The summed E-state index contributed by atoms with van der Waals surface area (Å²) in [5, 5.41) is 9.30. The van der Waals surface area contributed by atoms with E-state index in [1.54, 1.807) is 12.1 Å². The van der Waals surface area contributed by atoms with Gasteiger partial charge in [-0.25, -0.2) is 0 Å². The van der Waals surface area contributed by atoms with Crippen molar-refractivity contribution in [3.8, 4) is 6.07 Å². The lowest BCUT2D eigenvalue weighted by atomic mass is 10.2. The fourth-order valence-electron chi connectivity index (χ4n) is 1.33. The number of nitrogens with zero attached hydrogens (tertiary/aromatic N) is 2. The van der Waals surface area contributed by atoms with Crippen LogP contribution >= 0.6 is 11.6 Å². The van der Waals surface area contributed by atoms with Gasteiger partial charge in [-0.15, -0.1) is 0 Å². The minimum absolute atomic E-state index is 0.580. The van der Waals surface area contributed by atoms with Crippen molar-refractivity contribution in [2.45, 2.75) is 6.42 Å². The molecule has 0 heterocycles. The third-order valence-corrected chi connectivity index (χ3v) is 2.49. The van der Waals surface area contributed by atoms with Gasteiger partial charge >= 0.3 is 0 Å². The topological polar surface area (TPSA) is 53.0 Å². The zero-order chi connectivity index (χ0) is 11.3. The summed E-state index contributed by atoms with van der Waals surface area (Å²) in [6.07, 6.45) is 0.923. The molecule has 0 saturated carbocycles. The Morgan fingerprint density at radius 3 is 2.80 bits per heavy atom. The van der Waals surface area contributed by atoms with Gasteiger partial charge in [-0.1, -0.05) is 11.6 Å². The quantitative estimate of drug-likeness (QED) is 0.850. The molecule has 0 saturated heterocycles. The molecular weight excluding hydrogens is 210 g/mol. The maximum absolute atomic E-state index is 8.69. The van der Waals surface area contributed by atoms with Crippen molar-refractivity contribution in [1.29, 1.82) is 5.26 Å². The molecule has 1 rings (SSSR count). The molecule has 0 aliphatic carbocycles. The van der Waals surface area contributed by atoms with Crippen LogP contribution in [0.1, 0.15) is 12.0 Å². The van der Waals surface area contributed by atoms with Crippen molar-refractivity contribution in [3.05, 3.63) is 28.8 Å². The van der Waals surface area contributed by atoms with Crippen LogP contribution in [0.25, 0.3) is 0 Å². The summed E-state index contributed by atoms with van der Waals surface area (Å²) in [5.74, 6) is 0. The highest BCUT2D eigenvalue weighted by atomic mass is 35.5.